The molecule has 1 atom stereocenters. The summed E-state index contributed by atoms with van der Waals surface area (Å²) in [7, 11) is 0. The van der Waals surface area contributed by atoms with Crippen molar-refractivity contribution in [2.75, 3.05) is 11.4 Å². The van der Waals surface area contributed by atoms with E-state index in [2.05, 4.69) is 0 Å². The Morgan fingerprint density at radius 1 is 1.17 bits per heavy atom. The second kappa shape index (κ2) is 5.53. The molecule has 1 heterocycles. The van der Waals surface area contributed by atoms with E-state index in [4.69, 9.17) is 0 Å². The lowest BCUT2D eigenvalue weighted by atomic mass is 9.98. The highest BCUT2D eigenvalue weighted by molar-refractivity contribution is 8.03. The second-order valence-corrected chi connectivity index (χ2v) is 6.75. The lowest BCUT2D eigenvalue weighted by molar-refractivity contribution is -0.137. The number of carbonyl (C=O) groups is 2. The van der Waals surface area contributed by atoms with Crippen LogP contribution in [0.15, 0.2) is 64.0 Å². The van der Waals surface area contributed by atoms with Crippen LogP contribution < -0.4 is 4.90 Å². The number of thioether (sulfide) groups is 1. The Labute approximate surface area is 143 Å². The lowest BCUT2D eigenvalue weighted by Crippen LogP contribution is -2.22. The summed E-state index contributed by atoms with van der Waals surface area (Å²) >= 11 is 1.48. The van der Waals surface area contributed by atoms with E-state index in [0.29, 0.717) is 23.2 Å². The zero-order chi connectivity index (χ0) is 16.8. The van der Waals surface area contributed by atoms with Gasteiger partial charge in [0.15, 0.2) is 5.78 Å². The number of aliphatic carboxylic acids is 1. The van der Waals surface area contributed by atoms with E-state index in [9.17, 15) is 14.7 Å². The van der Waals surface area contributed by atoms with Crippen LogP contribution in [-0.4, -0.2) is 23.4 Å². The number of hydrogen-bond acceptors (Lipinski definition) is 4. The normalized spacial score (nSPS) is 21.8. The molecular weight excluding hydrogens is 322 g/mol. The molecule has 0 saturated carbocycles. The number of Topliss-reactive ketones (excluding diaryl/α,β-unsaturated/α-hetero) is 1. The minimum atomic E-state index is -0.983. The SMILES string of the molecule is CCN1C(=C2C(=O)c3ccccc3C2C(=O)O)Sc2ccccc21. The number of carboxylic acid groups (broad SMARTS) is 1. The molecule has 1 aliphatic carbocycles. The number of nitrogens with zero attached hydrogens (tertiary/aromatic N) is 1. The van der Waals surface area contributed by atoms with E-state index in [0.717, 1.165) is 15.6 Å². The molecule has 0 spiro atoms. The van der Waals surface area contributed by atoms with E-state index < -0.39 is 11.9 Å². The molecule has 4 nitrogen and oxygen atoms in total. The van der Waals surface area contributed by atoms with Gasteiger partial charge in [0.1, 0.15) is 5.92 Å². The summed E-state index contributed by atoms with van der Waals surface area (Å²) < 4.78 is 0. The molecule has 0 bridgehead atoms. The topological polar surface area (TPSA) is 57.6 Å². The molecule has 2 aromatic carbocycles. The summed E-state index contributed by atoms with van der Waals surface area (Å²) in [5.74, 6) is -2.06. The van der Waals surface area contributed by atoms with Gasteiger partial charge in [0.05, 0.1) is 10.7 Å². The van der Waals surface area contributed by atoms with Crippen LogP contribution in [0.5, 0.6) is 0 Å². The highest BCUT2D eigenvalue weighted by Crippen LogP contribution is 2.51. The molecule has 2 aliphatic rings. The Kier molecular flexibility index (Phi) is 3.46. The van der Waals surface area contributed by atoms with E-state index in [-0.39, 0.29) is 5.78 Å². The highest BCUT2D eigenvalue weighted by Gasteiger charge is 2.43. The molecule has 1 aliphatic heterocycles. The number of fused-ring (bicyclic) bond motifs is 2. The first-order valence-electron chi connectivity index (χ1n) is 7.78. The fourth-order valence-corrected chi connectivity index (χ4v) is 4.71. The number of carbonyl (C=O) groups excluding carboxylic acids is 1. The van der Waals surface area contributed by atoms with Crippen molar-refractivity contribution in [3.63, 3.8) is 0 Å². The molecule has 0 radical (unpaired) electrons. The average molecular weight is 337 g/mol. The number of benzene rings is 2. The summed E-state index contributed by atoms with van der Waals surface area (Å²) in [4.78, 5) is 28.0. The van der Waals surface area contributed by atoms with Crippen molar-refractivity contribution in [2.45, 2.75) is 17.7 Å². The number of ketones is 1. The van der Waals surface area contributed by atoms with Crippen LogP contribution in [0.3, 0.4) is 0 Å². The Balaban J connectivity index is 1.94. The third-order valence-electron chi connectivity index (χ3n) is 4.45. The van der Waals surface area contributed by atoms with Crippen LogP contribution in [0.4, 0.5) is 5.69 Å². The van der Waals surface area contributed by atoms with Crippen LogP contribution in [-0.2, 0) is 4.79 Å². The van der Waals surface area contributed by atoms with Crippen LogP contribution in [0.1, 0.15) is 28.8 Å². The first kappa shape index (κ1) is 15.0. The maximum Gasteiger partial charge on any atom is 0.315 e. The molecule has 24 heavy (non-hydrogen) atoms. The molecule has 0 amide bonds. The summed E-state index contributed by atoms with van der Waals surface area (Å²) in [6, 6.07) is 14.9. The van der Waals surface area contributed by atoms with Crippen molar-refractivity contribution in [1.82, 2.24) is 0 Å². The van der Waals surface area contributed by atoms with Crippen molar-refractivity contribution in [3.05, 3.63) is 70.3 Å². The molecule has 0 saturated heterocycles. The summed E-state index contributed by atoms with van der Waals surface area (Å²) in [6.45, 7) is 2.68. The molecule has 2 aromatic rings. The molecule has 4 rings (SSSR count). The molecule has 0 fully saturated rings. The first-order valence-corrected chi connectivity index (χ1v) is 8.60. The zero-order valence-corrected chi connectivity index (χ0v) is 13.8. The highest BCUT2D eigenvalue weighted by atomic mass is 32.2. The van der Waals surface area contributed by atoms with Gasteiger partial charge in [-0.2, -0.15) is 0 Å². The molecular formula is C19H15NO3S. The molecule has 0 aromatic heterocycles. The maximum absolute atomic E-state index is 12.9. The van der Waals surface area contributed by atoms with E-state index >= 15 is 0 Å². The smallest absolute Gasteiger partial charge is 0.315 e. The number of hydrogen-bond donors (Lipinski definition) is 1. The van der Waals surface area contributed by atoms with Gasteiger partial charge in [0, 0.05) is 22.6 Å². The Morgan fingerprint density at radius 3 is 2.62 bits per heavy atom. The van der Waals surface area contributed by atoms with E-state index in [1.807, 2.05) is 36.1 Å². The van der Waals surface area contributed by atoms with Crippen molar-refractivity contribution in [3.8, 4) is 0 Å². The average Bonchev–Trinajstić information content (AvgIpc) is 3.10. The maximum atomic E-state index is 12.9. The van der Waals surface area contributed by atoms with Gasteiger partial charge < -0.3 is 10.0 Å². The van der Waals surface area contributed by atoms with Gasteiger partial charge in [-0.15, -0.1) is 0 Å². The molecule has 5 heteroatoms. The third kappa shape index (κ3) is 2.01. The van der Waals surface area contributed by atoms with Gasteiger partial charge in [0.2, 0.25) is 0 Å². The van der Waals surface area contributed by atoms with Crippen LogP contribution in [0.25, 0.3) is 0 Å². The lowest BCUT2D eigenvalue weighted by Gasteiger charge is -2.21. The van der Waals surface area contributed by atoms with Crippen molar-refractivity contribution < 1.29 is 14.7 Å². The predicted molar refractivity (Wildman–Crippen MR) is 93.5 cm³/mol. The molecule has 1 N–H and O–H groups in total. The van der Waals surface area contributed by atoms with Gasteiger partial charge in [-0.1, -0.05) is 48.2 Å². The minimum Gasteiger partial charge on any atom is -0.481 e. The van der Waals surface area contributed by atoms with Crippen molar-refractivity contribution in [2.24, 2.45) is 0 Å². The number of anilines is 1. The van der Waals surface area contributed by atoms with Gasteiger partial charge in [-0.25, -0.2) is 0 Å². The molecule has 120 valence electrons. The standard InChI is InChI=1S/C19H15NO3S/c1-2-20-13-9-5-6-10-14(13)24-18(20)16-15(19(22)23)11-7-3-4-8-12(11)17(16)21/h3-10,15H,2H2,1H3,(H,22,23). The predicted octanol–water partition coefficient (Wildman–Crippen LogP) is 3.89. The van der Waals surface area contributed by atoms with Gasteiger partial charge in [-0.3, -0.25) is 9.59 Å². The zero-order valence-electron chi connectivity index (χ0n) is 13.0. The third-order valence-corrected chi connectivity index (χ3v) is 5.65. The van der Waals surface area contributed by atoms with E-state index in [1.165, 1.54) is 11.8 Å². The van der Waals surface area contributed by atoms with Gasteiger partial charge in [-0.05, 0) is 24.6 Å². The van der Waals surface area contributed by atoms with Crippen molar-refractivity contribution >= 4 is 29.2 Å². The number of carboxylic acids is 1. The Bertz CT molecular complexity index is 903. The van der Waals surface area contributed by atoms with Gasteiger partial charge >= 0.3 is 5.97 Å². The number of rotatable bonds is 2. The van der Waals surface area contributed by atoms with Crippen LogP contribution >= 0.6 is 11.8 Å². The number of para-hydroxylation sites is 1. The first-order chi connectivity index (χ1) is 11.6. The van der Waals surface area contributed by atoms with E-state index in [1.54, 1.807) is 24.3 Å². The van der Waals surface area contributed by atoms with Gasteiger partial charge in [0.25, 0.3) is 0 Å². The summed E-state index contributed by atoms with van der Waals surface area (Å²) in [5, 5.41) is 10.5. The summed E-state index contributed by atoms with van der Waals surface area (Å²) in [6.07, 6.45) is 0. The monoisotopic (exact) mass is 337 g/mol. The van der Waals surface area contributed by atoms with Crippen LogP contribution in [0.2, 0.25) is 0 Å². The largest absolute Gasteiger partial charge is 0.481 e. The fourth-order valence-electron chi connectivity index (χ4n) is 3.41. The fraction of sp³-hybridized carbons (Fsp3) is 0.158. The molecule has 1 unspecified atom stereocenters. The Morgan fingerprint density at radius 2 is 1.88 bits per heavy atom. The Hall–Kier alpha value is -2.53. The minimum absolute atomic E-state index is 0.174. The second-order valence-electron chi connectivity index (χ2n) is 5.72. The summed E-state index contributed by atoms with van der Waals surface area (Å²) in [5.41, 5.74) is 2.50. The quantitative estimate of drug-likeness (QED) is 0.843. The van der Waals surface area contributed by atoms with Crippen molar-refractivity contribution in [1.29, 1.82) is 0 Å². The van der Waals surface area contributed by atoms with Crippen LogP contribution in [0, 0.1) is 0 Å².